The monoisotopic (exact) mass is 491 g/mol. The first-order valence-corrected chi connectivity index (χ1v) is 11.2. The molecule has 0 radical (unpaired) electrons. The third kappa shape index (κ3) is 4.08. The van der Waals surface area contributed by atoms with Crippen LogP contribution in [0.3, 0.4) is 0 Å². The lowest BCUT2D eigenvalue weighted by Crippen LogP contribution is -2.64. The summed E-state index contributed by atoms with van der Waals surface area (Å²) in [6.45, 7) is 2.43. The fourth-order valence-electron chi connectivity index (χ4n) is 4.83. The Balaban J connectivity index is 1.40. The molecule has 2 saturated heterocycles. The van der Waals surface area contributed by atoms with Gasteiger partial charge < -0.3 is 10.2 Å². The number of nitrogens with one attached hydrogen (secondary N) is 1. The molecule has 6 rings (SSSR count). The molecule has 8 nitrogen and oxygen atoms in total. The van der Waals surface area contributed by atoms with E-state index in [-0.39, 0.29) is 29.7 Å². The van der Waals surface area contributed by atoms with Crippen molar-refractivity contribution in [1.29, 1.82) is 0 Å². The summed E-state index contributed by atoms with van der Waals surface area (Å²) in [5, 5.41) is 11.8. The van der Waals surface area contributed by atoms with Crippen LogP contribution in [0.4, 0.5) is 19.0 Å². The number of benzene rings is 1. The summed E-state index contributed by atoms with van der Waals surface area (Å²) in [7, 11) is 0. The molecule has 1 amide bonds. The number of hydrogen-bond acceptors (Lipinski definition) is 6. The molecule has 12 heteroatoms. The zero-order valence-corrected chi connectivity index (χ0v) is 18.8. The second kappa shape index (κ2) is 8.53. The van der Waals surface area contributed by atoms with Gasteiger partial charge in [0.2, 0.25) is 0 Å². The Kier molecular flexibility index (Phi) is 5.67. The van der Waals surface area contributed by atoms with E-state index in [1.54, 1.807) is 18.2 Å². The molecule has 0 spiro atoms. The Hall–Kier alpha value is -3.21. The van der Waals surface area contributed by atoms with Gasteiger partial charge >= 0.3 is 6.18 Å². The molecule has 1 aliphatic carbocycles. The van der Waals surface area contributed by atoms with Gasteiger partial charge in [-0.3, -0.25) is 4.79 Å². The summed E-state index contributed by atoms with van der Waals surface area (Å²) in [5.41, 5.74) is -0.141. The quantitative estimate of drug-likeness (QED) is 0.578. The van der Waals surface area contributed by atoms with E-state index < -0.39 is 11.9 Å². The number of halogens is 4. The summed E-state index contributed by atoms with van der Waals surface area (Å²) in [4.78, 5) is 24.4. The molecule has 2 aliphatic heterocycles. The number of rotatable bonds is 5. The number of piperidine rings is 2. The fraction of sp³-hybridized carbons (Fsp3) is 0.409. The predicted molar refractivity (Wildman–Crippen MR) is 118 cm³/mol. The molecule has 3 aromatic rings. The largest absolute Gasteiger partial charge is 0.434 e. The number of carbonyl (C=O) groups is 1. The van der Waals surface area contributed by atoms with Crippen LogP contribution in [0, 0.1) is 11.8 Å². The van der Waals surface area contributed by atoms with Crippen LogP contribution in [-0.2, 0) is 6.18 Å². The van der Waals surface area contributed by atoms with Crippen LogP contribution < -0.4 is 5.32 Å². The van der Waals surface area contributed by atoms with Crippen molar-refractivity contribution in [3.8, 4) is 5.69 Å². The second-order valence-corrected chi connectivity index (χ2v) is 9.11. The number of aromatic nitrogens is 5. The zero-order chi connectivity index (χ0) is 24.0. The van der Waals surface area contributed by atoms with Crippen LogP contribution in [0.2, 0.25) is 5.02 Å². The van der Waals surface area contributed by atoms with E-state index in [4.69, 9.17) is 11.6 Å². The van der Waals surface area contributed by atoms with Crippen molar-refractivity contribution in [3.63, 3.8) is 0 Å². The third-order valence-electron chi connectivity index (χ3n) is 6.74. The molecular formula is C22H21ClF3N7O. The number of anilines is 1. The van der Waals surface area contributed by atoms with Crippen LogP contribution in [0.15, 0.2) is 43.0 Å². The Morgan fingerprint density at radius 2 is 1.91 bits per heavy atom. The van der Waals surface area contributed by atoms with E-state index in [1.807, 2.05) is 4.90 Å². The molecule has 0 unspecified atom stereocenters. The maximum Gasteiger partial charge on any atom is 0.434 e. The smallest absolute Gasteiger partial charge is 0.367 e. The maximum absolute atomic E-state index is 13.8. The van der Waals surface area contributed by atoms with E-state index in [0.717, 1.165) is 19.0 Å². The van der Waals surface area contributed by atoms with Gasteiger partial charge in [-0.05, 0) is 42.9 Å². The van der Waals surface area contributed by atoms with Gasteiger partial charge in [0.1, 0.15) is 5.82 Å². The highest BCUT2D eigenvalue weighted by Crippen LogP contribution is 2.47. The second-order valence-electron chi connectivity index (χ2n) is 8.67. The van der Waals surface area contributed by atoms with Crippen molar-refractivity contribution in [1.82, 2.24) is 29.9 Å². The van der Waals surface area contributed by atoms with Crippen molar-refractivity contribution in [3.05, 3.63) is 59.3 Å². The topological polar surface area (TPSA) is 88.8 Å². The van der Waals surface area contributed by atoms with Gasteiger partial charge in [0.05, 0.1) is 42.1 Å². The minimum Gasteiger partial charge on any atom is -0.367 e. The third-order valence-corrected chi connectivity index (χ3v) is 6.98. The summed E-state index contributed by atoms with van der Waals surface area (Å²) >= 11 is 6.23. The van der Waals surface area contributed by atoms with Crippen molar-refractivity contribution >= 4 is 23.3 Å². The van der Waals surface area contributed by atoms with Crippen LogP contribution >= 0.6 is 11.6 Å². The van der Waals surface area contributed by atoms with Crippen LogP contribution in [0.25, 0.3) is 5.69 Å². The SMILES string of the molecule is C[C@@H]1C2CC(C2)N(C(=O)c2cc(Cl)ccc2-n2nccn2)[C@@H]1CNc1cnc(C(F)(F)F)cn1. The van der Waals surface area contributed by atoms with Crippen molar-refractivity contribution in [2.75, 3.05) is 11.9 Å². The van der Waals surface area contributed by atoms with E-state index in [9.17, 15) is 18.0 Å². The summed E-state index contributed by atoms with van der Waals surface area (Å²) < 4.78 is 38.3. The zero-order valence-electron chi connectivity index (χ0n) is 18.1. The molecule has 2 aromatic heterocycles. The van der Waals surface area contributed by atoms with Crippen LogP contribution in [-0.4, -0.2) is 54.4 Å². The molecule has 3 aliphatic rings. The normalized spacial score (nSPS) is 24.0. The minimum atomic E-state index is -4.55. The van der Waals surface area contributed by atoms with E-state index >= 15 is 0 Å². The minimum absolute atomic E-state index is 0.0802. The average Bonchev–Trinajstić information content (AvgIpc) is 3.31. The van der Waals surface area contributed by atoms with Gasteiger partial charge in [0, 0.05) is 17.6 Å². The molecular weight excluding hydrogens is 471 g/mol. The first kappa shape index (κ1) is 22.6. The van der Waals surface area contributed by atoms with Gasteiger partial charge in [0.15, 0.2) is 5.69 Å². The van der Waals surface area contributed by atoms with E-state index in [1.165, 1.54) is 17.2 Å². The van der Waals surface area contributed by atoms with Gasteiger partial charge in [-0.25, -0.2) is 9.97 Å². The first-order chi connectivity index (χ1) is 16.2. The highest BCUT2D eigenvalue weighted by molar-refractivity contribution is 6.31. The molecule has 1 aromatic carbocycles. The molecule has 4 heterocycles. The number of hydrogen-bond donors (Lipinski definition) is 1. The van der Waals surface area contributed by atoms with Gasteiger partial charge in [0.25, 0.3) is 5.91 Å². The van der Waals surface area contributed by atoms with Crippen molar-refractivity contribution in [2.45, 2.75) is 38.0 Å². The number of amides is 1. The molecule has 1 N–H and O–H groups in total. The lowest BCUT2D eigenvalue weighted by atomic mass is 9.64. The average molecular weight is 492 g/mol. The van der Waals surface area contributed by atoms with Gasteiger partial charge in [-0.1, -0.05) is 18.5 Å². The number of fused-ring (bicyclic) bond motifs is 2. The van der Waals surface area contributed by atoms with E-state index in [0.29, 0.717) is 34.9 Å². The van der Waals surface area contributed by atoms with Gasteiger partial charge in [-0.15, -0.1) is 0 Å². The molecule has 34 heavy (non-hydrogen) atoms. The summed E-state index contributed by atoms with van der Waals surface area (Å²) in [6.07, 6.45) is 2.09. The standard InChI is InChI=1S/C22H21ClF3N7O/c1-12-13-6-15(7-13)32(18(12)9-28-20-11-27-19(10-29-20)22(24,25)26)21(34)16-8-14(23)2-3-17(16)33-30-4-5-31-33/h2-5,8,10-13,15,18H,6-7,9H2,1H3,(H,28,29)/t12-,13?,15?,18-/m1/s1. The van der Waals surface area contributed by atoms with Crippen molar-refractivity contribution in [2.24, 2.45) is 11.8 Å². The highest BCUT2D eigenvalue weighted by Gasteiger charge is 2.50. The van der Waals surface area contributed by atoms with Crippen LogP contribution in [0.1, 0.15) is 35.8 Å². The Labute approximate surface area is 198 Å². The number of alkyl halides is 3. The Morgan fingerprint density at radius 1 is 1.18 bits per heavy atom. The first-order valence-electron chi connectivity index (χ1n) is 10.8. The molecule has 3 fully saturated rings. The molecule has 2 bridgehead atoms. The Morgan fingerprint density at radius 3 is 2.56 bits per heavy atom. The fourth-order valence-corrected chi connectivity index (χ4v) is 5.01. The van der Waals surface area contributed by atoms with Crippen molar-refractivity contribution < 1.29 is 18.0 Å². The predicted octanol–water partition coefficient (Wildman–Crippen LogP) is 4.08. The summed E-state index contributed by atoms with van der Waals surface area (Å²) in [6, 6.07) is 4.89. The highest BCUT2D eigenvalue weighted by atomic mass is 35.5. The molecule has 178 valence electrons. The molecule has 1 saturated carbocycles. The number of nitrogens with zero attached hydrogens (tertiary/aromatic N) is 6. The maximum atomic E-state index is 13.8. The van der Waals surface area contributed by atoms with Crippen LogP contribution in [0.5, 0.6) is 0 Å². The van der Waals surface area contributed by atoms with Gasteiger partial charge in [-0.2, -0.15) is 28.2 Å². The molecule has 2 atom stereocenters. The lowest BCUT2D eigenvalue weighted by molar-refractivity contribution is -0.141. The van der Waals surface area contributed by atoms with E-state index in [2.05, 4.69) is 32.4 Å². The summed E-state index contributed by atoms with van der Waals surface area (Å²) in [5.74, 6) is 0.714. The lowest BCUT2D eigenvalue weighted by Gasteiger charge is -2.57. The number of carbonyl (C=O) groups excluding carboxylic acids is 1. The Bertz CT molecular complexity index is 1180.